The van der Waals surface area contributed by atoms with E-state index >= 15 is 0 Å². The van der Waals surface area contributed by atoms with Crippen molar-refractivity contribution >= 4 is 40.7 Å². The number of carbonyl (C=O) groups excluding carboxylic acids is 1. The third-order valence-electron chi connectivity index (χ3n) is 6.00. The minimum absolute atomic E-state index is 0.171. The maximum absolute atomic E-state index is 13.4. The number of ether oxygens (including phenoxy) is 1. The number of benzene rings is 2. The summed E-state index contributed by atoms with van der Waals surface area (Å²) < 4.78 is 6.04. The van der Waals surface area contributed by atoms with Crippen molar-refractivity contribution in [1.82, 2.24) is 10.3 Å². The maximum atomic E-state index is 13.4. The number of halogens is 3. The van der Waals surface area contributed by atoms with E-state index in [0.717, 1.165) is 49.7 Å². The van der Waals surface area contributed by atoms with Gasteiger partial charge in [0.1, 0.15) is 5.56 Å². The first-order valence-corrected chi connectivity index (χ1v) is 12.8. The zero-order valence-corrected chi connectivity index (χ0v) is 21.3. The highest BCUT2D eigenvalue weighted by atomic mass is 35.5. The van der Waals surface area contributed by atoms with Crippen LogP contribution in [-0.4, -0.2) is 23.5 Å². The highest BCUT2D eigenvalue weighted by Crippen LogP contribution is 2.39. The largest absolute Gasteiger partial charge is 0.477 e. The van der Waals surface area contributed by atoms with Crippen LogP contribution in [0.15, 0.2) is 48.5 Å². The van der Waals surface area contributed by atoms with Crippen molar-refractivity contribution in [3.8, 4) is 28.3 Å². The van der Waals surface area contributed by atoms with E-state index in [1.165, 1.54) is 0 Å². The lowest BCUT2D eigenvalue weighted by Gasteiger charge is -2.18. The Bertz CT molecular complexity index is 1160. The van der Waals surface area contributed by atoms with E-state index in [4.69, 9.17) is 44.5 Å². The van der Waals surface area contributed by atoms with Gasteiger partial charge < -0.3 is 10.1 Å². The summed E-state index contributed by atoms with van der Waals surface area (Å²) in [6.07, 6.45) is 6.09. The first kappa shape index (κ1) is 24.8. The molecule has 1 aliphatic rings. The lowest BCUT2D eigenvalue weighted by atomic mass is 9.97. The number of amides is 1. The molecule has 1 aliphatic carbocycles. The lowest BCUT2D eigenvalue weighted by molar-refractivity contribution is 0.0933. The van der Waals surface area contributed by atoms with Gasteiger partial charge in [0.2, 0.25) is 5.88 Å². The van der Waals surface area contributed by atoms with E-state index in [2.05, 4.69) is 12.2 Å². The molecule has 0 aliphatic heterocycles. The fourth-order valence-corrected chi connectivity index (χ4v) is 4.78. The van der Waals surface area contributed by atoms with Crippen LogP contribution in [0.25, 0.3) is 22.4 Å². The Morgan fingerprint density at radius 2 is 1.71 bits per heavy atom. The monoisotopic (exact) mass is 516 g/mol. The molecule has 1 saturated carbocycles. The fourth-order valence-electron chi connectivity index (χ4n) is 4.15. The molecule has 0 atom stereocenters. The van der Waals surface area contributed by atoms with Gasteiger partial charge in [-0.1, -0.05) is 73.1 Å². The summed E-state index contributed by atoms with van der Waals surface area (Å²) in [5.74, 6) is 0.137. The topological polar surface area (TPSA) is 51.2 Å². The number of unbranched alkanes of at least 4 members (excludes halogenated alkanes) is 1. The van der Waals surface area contributed by atoms with Gasteiger partial charge in [-0.3, -0.25) is 4.79 Å². The fraction of sp³-hybridized carbons (Fsp3) is 0.333. The summed E-state index contributed by atoms with van der Waals surface area (Å²) in [5, 5.41) is 4.80. The number of nitrogens with one attached hydrogen (secondary N) is 1. The van der Waals surface area contributed by atoms with Crippen LogP contribution in [0.4, 0.5) is 0 Å². The molecule has 1 aromatic heterocycles. The summed E-state index contributed by atoms with van der Waals surface area (Å²) in [4.78, 5) is 18.2. The summed E-state index contributed by atoms with van der Waals surface area (Å²) in [7, 11) is 0. The third kappa shape index (κ3) is 5.86. The van der Waals surface area contributed by atoms with Crippen molar-refractivity contribution in [3.05, 3.63) is 69.2 Å². The van der Waals surface area contributed by atoms with E-state index < -0.39 is 0 Å². The Labute approximate surface area is 215 Å². The van der Waals surface area contributed by atoms with Gasteiger partial charge in [-0.15, -0.1) is 0 Å². The van der Waals surface area contributed by atoms with Crippen LogP contribution in [0.5, 0.6) is 5.88 Å². The molecule has 0 spiro atoms. The molecule has 4 rings (SSSR count). The second kappa shape index (κ2) is 11.4. The number of hydrogen-bond donors (Lipinski definition) is 1. The number of nitrogens with zero attached hydrogens (tertiary/aromatic N) is 1. The molecule has 2 aromatic carbocycles. The molecule has 7 heteroatoms. The van der Waals surface area contributed by atoms with Gasteiger partial charge in [-0.05, 0) is 61.2 Å². The molecule has 0 bridgehead atoms. The number of pyridine rings is 1. The molecule has 3 aromatic rings. The minimum atomic E-state index is -0.171. The predicted molar refractivity (Wildman–Crippen MR) is 140 cm³/mol. The molecular formula is C27H27Cl3N2O2. The van der Waals surface area contributed by atoms with Gasteiger partial charge in [0.05, 0.1) is 17.3 Å². The molecule has 1 heterocycles. The number of hydrogen-bond acceptors (Lipinski definition) is 3. The molecular weight excluding hydrogens is 491 g/mol. The van der Waals surface area contributed by atoms with Crippen LogP contribution in [0.2, 0.25) is 15.1 Å². The zero-order valence-electron chi connectivity index (χ0n) is 19.0. The highest BCUT2D eigenvalue weighted by Gasteiger charge is 2.24. The molecule has 34 heavy (non-hydrogen) atoms. The molecule has 0 unspecified atom stereocenters. The molecule has 0 radical (unpaired) electrons. The van der Waals surface area contributed by atoms with E-state index in [1.54, 1.807) is 12.1 Å². The van der Waals surface area contributed by atoms with Gasteiger partial charge in [-0.2, -0.15) is 0 Å². The molecule has 1 N–H and O–H groups in total. The second-order valence-corrected chi connectivity index (χ2v) is 9.81. The van der Waals surface area contributed by atoms with E-state index in [9.17, 15) is 4.79 Å². The summed E-state index contributed by atoms with van der Waals surface area (Å²) in [5.41, 5.74) is 3.38. The Morgan fingerprint density at radius 1 is 1.00 bits per heavy atom. The first-order valence-electron chi connectivity index (χ1n) is 11.7. The zero-order chi connectivity index (χ0) is 24.1. The first-order chi connectivity index (χ1) is 16.5. The normalized spacial score (nSPS) is 13.8. The average molecular weight is 518 g/mol. The SMILES string of the molecule is CCCCOc1nc(-c2ccc(Cl)cc2Cl)c(-c2ccc(Cl)cc2)cc1C(=O)NC1CCCC1. The summed E-state index contributed by atoms with van der Waals surface area (Å²) in [6, 6.07) is 14.8. The van der Waals surface area contributed by atoms with Crippen LogP contribution in [0, 0.1) is 0 Å². The summed E-state index contributed by atoms with van der Waals surface area (Å²) >= 11 is 18.9. The average Bonchev–Trinajstić information content (AvgIpc) is 3.33. The van der Waals surface area contributed by atoms with Gasteiger partial charge in [0.25, 0.3) is 5.91 Å². The van der Waals surface area contributed by atoms with E-state index in [-0.39, 0.29) is 11.9 Å². The Balaban J connectivity index is 1.86. The Hall–Kier alpha value is -2.27. The molecule has 1 fully saturated rings. The van der Waals surface area contributed by atoms with Crippen molar-refractivity contribution in [3.63, 3.8) is 0 Å². The quantitative estimate of drug-likeness (QED) is 0.306. The van der Waals surface area contributed by atoms with Crippen LogP contribution < -0.4 is 10.1 Å². The Morgan fingerprint density at radius 3 is 2.38 bits per heavy atom. The number of carbonyl (C=O) groups is 1. The third-order valence-corrected chi connectivity index (χ3v) is 6.80. The van der Waals surface area contributed by atoms with Crippen molar-refractivity contribution in [1.29, 1.82) is 0 Å². The van der Waals surface area contributed by atoms with Crippen molar-refractivity contribution < 1.29 is 9.53 Å². The second-order valence-electron chi connectivity index (χ2n) is 8.53. The van der Waals surface area contributed by atoms with Crippen LogP contribution in [0.1, 0.15) is 55.8 Å². The Kier molecular flexibility index (Phi) is 8.36. The number of rotatable bonds is 8. The van der Waals surface area contributed by atoms with E-state index in [1.807, 2.05) is 36.4 Å². The standard InChI is InChI=1S/C27H27Cl3N2O2/c1-2-3-14-34-27-23(26(33)31-20-6-4-5-7-20)16-22(17-8-10-18(28)11-9-17)25(32-27)21-13-12-19(29)15-24(21)30/h8-13,15-16,20H,2-7,14H2,1H3,(H,31,33). The highest BCUT2D eigenvalue weighted by molar-refractivity contribution is 6.36. The molecule has 0 saturated heterocycles. The van der Waals surface area contributed by atoms with Gasteiger partial charge in [0, 0.05) is 27.2 Å². The van der Waals surface area contributed by atoms with Crippen molar-refractivity contribution in [2.24, 2.45) is 0 Å². The smallest absolute Gasteiger partial charge is 0.257 e. The number of aromatic nitrogens is 1. The minimum Gasteiger partial charge on any atom is -0.477 e. The van der Waals surface area contributed by atoms with Gasteiger partial charge in [0.15, 0.2) is 0 Å². The van der Waals surface area contributed by atoms with Gasteiger partial charge in [-0.25, -0.2) is 4.98 Å². The predicted octanol–water partition coefficient (Wildman–Crippen LogP) is 8.23. The van der Waals surface area contributed by atoms with Crippen LogP contribution >= 0.6 is 34.8 Å². The molecule has 178 valence electrons. The summed E-state index contributed by atoms with van der Waals surface area (Å²) in [6.45, 7) is 2.56. The lowest BCUT2D eigenvalue weighted by Crippen LogP contribution is -2.33. The van der Waals surface area contributed by atoms with Crippen LogP contribution in [-0.2, 0) is 0 Å². The molecule has 1 amide bonds. The van der Waals surface area contributed by atoms with Crippen molar-refractivity contribution in [2.75, 3.05) is 6.61 Å². The molecule has 4 nitrogen and oxygen atoms in total. The van der Waals surface area contributed by atoms with Crippen molar-refractivity contribution in [2.45, 2.75) is 51.5 Å². The van der Waals surface area contributed by atoms with Crippen LogP contribution in [0.3, 0.4) is 0 Å². The van der Waals surface area contributed by atoms with Gasteiger partial charge >= 0.3 is 0 Å². The van der Waals surface area contributed by atoms with E-state index in [0.29, 0.717) is 44.4 Å². The maximum Gasteiger partial charge on any atom is 0.257 e.